The number of pyridine rings is 1. The summed E-state index contributed by atoms with van der Waals surface area (Å²) in [7, 11) is 2.07. The van der Waals surface area contributed by atoms with E-state index >= 15 is 0 Å². The summed E-state index contributed by atoms with van der Waals surface area (Å²) in [5.41, 5.74) is 3.45. The number of rotatable bonds is 0. The Hall–Kier alpha value is -1.25. The molecule has 11 heavy (non-hydrogen) atoms. The second-order valence-electron chi connectivity index (χ2n) is 2.88. The molecule has 0 atom stereocenters. The van der Waals surface area contributed by atoms with Crippen molar-refractivity contribution in [3.8, 4) is 0 Å². The lowest BCUT2D eigenvalue weighted by Crippen LogP contribution is -2.15. The predicted molar refractivity (Wildman–Crippen MR) is 45.9 cm³/mol. The first kappa shape index (κ1) is 6.46. The molecule has 0 radical (unpaired) electrons. The second-order valence-corrected chi connectivity index (χ2v) is 2.88. The van der Waals surface area contributed by atoms with Crippen molar-refractivity contribution in [1.82, 2.24) is 4.98 Å². The van der Waals surface area contributed by atoms with Crippen LogP contribution in [0.3, 0.4) is 0 Å². The fourth-order valence-electron chi connectivity index (χ4n) is 1.29. The highest BCUT2D eigenvalue weighted by atomic mass is 15.3. The van der Waals surface area contributed by atoms with E-state index in [1.165, 1.54) is 5.69 Å². The van der Waals surface area contributed by atoms with Crippen molar-refractivity contribution in [3.63, 3.8) is 0 Å². The minimum Gasteiger partial charge on any atom is -0.365 e. The largest absolute Gasteiger partial charge is 0.365 e. The van der Waals surface area contributed by atoms with Crippen LogP contribution in [0.15, 0.2) is 12.3 Å². The van der Waals surface area contributed by atoms with Gasteiger partial charge in [-0.1, -0.05) is 0 Å². The Morgan fingerprint density at radius 3 is 3.27 bits per heavy atom. The van der Waals surface area contributed by atoms with Crippen molar-refractivity contribution in [2.24, 2.45) is 0 Å². The molecular weight excluding hydrogens is 138 g/mol. The van der Waals surface area contributed by atoms with Crippen molar-refractivity contribution in [2.45, 2.75) is 6.92 Å². The van der Waals surface area contributed by atoms with E-state index in [1.54, 1.807) is 0 Å². The van der Waals surface area contributed by atoms with Gasteiger partial charge in [0.25, 0.3) is 0 Å². The Balaban J connectivity index is 2.52. The van der Waals surface area contributed by atoms with Crippen LogP contribution in [-0.4, -0.2) is 18.7 Å². The van der Waals surface area contributed by atoms with E-state index in [-0.39, 0.29) is 0 Å². The fraction of sp³-hybridized carbons (Fsp3) is 0.375. The Morgan fingerprint density at radius 2 is 2.45 bits per heavy atom. The van der Waals surface area contributed by atoms with Crippen molar-refractivity contribution in [3.05, 3.63) is 18.0 Å². The Kier molecular flexibility index (Phi) is 1.24. The molecule has 1 aliphatic heterocycles. The fourth-order valence-corrected chi connectivity index (χ4v) is 1.29. The summed E-state index contributed by atoms with van der Waals surface area (Å²) in [6, 6.07) is 2.09. The molecule has 0 spiro atoms. The quantitative estimate of drug-likeness (QED) is 0.601. The first-order valence-electron chi connectivity index (χ1n) is 3.69. The zero-order chi connectivity index (χ0) is 7.84. The summed E-state index contributed by atoms with van der Waals surface area (Å²) in [5, 5.41) is 3.24. The lowest BCUT2D eigenvalue weighted by atomic mass is 10.3. The maximum absolute atomic E-state index is 4.20. The number of anilines is 2. The Morgan fingerprint density at radius 1 is 1.64 bits per heavy atom. The lowest BCUT2D eigenvalue weighted by molar-refractivity contribution is 1.03. The zero-order valence-corrected chi connectivity index (χ0v) is 6.76. The average Bonchev–Trinajstić information content (AvgIpc) is 2.33. The summed E-state index contributed by atoms with van der Waals surface area (Å²) in [6.07, 6.45) is 1.88. The molecule has 0 fully saturated rings. The molecule has 1 N–H and O–H groups in total. The summed E-state index contributed by atoms with van der Waals surface area (Å²) in [4.78, 5) is 6.37. The molecule has 0 aromatic carbocycles. The van der Waals surface area contributed by atoms with Gasteiger partial charge in [0.05, 0.1) is 24.2 Å². The second kappa shape index (κ2) is 2.12. The molecular formula is C8H11N3. The van der Waals surface area contributed by atoms with Gasteiger partial charge in [-0.3, -0.25) is 4.98 Å². The van der Waals surface area contributed by atoms with Gasteiger partial charge in [0.1, 0.15) is 0 Å². The minimum absolute atomic E-state index is 0.889. The first-order chi connectivity index (χ1) is 5.27. The molecule has 0 bridgehead atoms. The molecule has 58 valence electrons. The van der Waals surface area contributed by atoms with E-state index < -0.39 is 0 Å². The van der Waals surface area contributed by atoms with Gasteiger partial charge in [0, 0.05) is 12.7 Å². The van der Waals surface area contributed by atoms with Crippen molar-refractivity contribution >= 4 is 11.4 Å². The van der Waals surface area contributed by atoms with Crippen LogP contribution in [0, 0.1) is 6.92 Å². The SMILES string of the molecule is Cc1cc2c(cn1)NCN2C. The van der Waals surface area contributed by atoms with Crippen LogP contribution in [-0.2, 0) is 0 Å². The molecule has 0 unspecified atom stereocenters. The van der Waals surface area contributed by atoms with Gasteiger partial charge < -0.3 is 10.2 Å². The molecule has 1 aromatic heterocycles. The van der Waals surface area contributed by atoms with Crippen LogP contribution in [0.4, 0.5) is 11.4 Å². The van der Waals surface area contributed by atoms with E-state index in [9.17, 15) is 0 Å². The highest BCUT2D eigenvalue weighted by Gasteiger charge is 2.14. The zero-order valence-electron chi connectivity index (χ0n) is 6.76. The summed E-state index contributed by atoms with van der Waals surface area (Å²) in [6.45, 7) is 2.90. The van der Waals surface area contributed by atoms with Gasteiger partial charge in [-0.25, -0.2) is 0 Å². The van der Waals surface area contributed by atoms with Crippen molar-refractivity contribution < 1.29 is 0 Å². The number of hydrogen-bond acceptors (Lipinski definition) is 3. The lowest BCUT2D eigenvalue weighted by Gasteiger charge is -2.09. The molecule has 1 aromatic rings. The molecule has 0 saturated heterocycles. The maximum atomic E-state index is 4.20. The monoisotopic (exact) mass is 149 g/mol. The van der Waals surface area contributed by atoms with Crippen molar-refractivity contribution in [1.29, 1.82) is 0 Å². The van der Waals surface area contributed by atoms with Crippen LogP contribution in [0.25, 0.3) is 0 Å². The van der Waals surface area contributed by atoms with E-state index in [1.807, 2.05) is 13.1 Å². The molecule has 2 heterocycles. The Bertz CT molecular complexity index is 283. The average molecular weight is 149 g/mol. The molecule has 3 nitrogen and oxygen atoms in total. The van der Waals surface area contributed by atoms with E-state index in [0.717, 1.165) is 18.1 Å². The molecule has 3 heteroatoms. The van der Waals surface area contributed by atoms with Gasteiger partial charge in [0.2, 0.25) is 0 Å². The van der Waals surface area contributed by atoms with Crippen LogP contribution in [0.1, 0.15) is 5.69 Å². The van der Waals surface area contributed by atoms with Crippen molar-refractivity contribution in [2.75, 3.05) is 23.9 Å². The molecule has 0 amide bonds. The van der Waals surface area contributed by atoms with Gasteiger partial charge in [-0.15, -0.1) is 0 Å². The number of fused-ring (bicyclic) bond motifs is 1. The van der Waals surface area contributed by atoms with Crippen LogP contribution < -0.4 is 10.2 Å². The molecule has 0 saturated carbocycles. The first-order valence-corrected chi connectivity index (χ1v) is 3.69. The standard InChI is InChI=1S/C8H11N3/c1-6-3-8-7(4-9-6)10-5-11(8)2/h3-4,10H,5H2,1-2H3. The number of aryl methyl sites for hydroxylation is 1. The topological polar surface area (TPSA) is 28.2 Å². The van der Waals surface area contributed by atoms with Gasteiger partial charge in [-0.2, -0.15) is 0 Å². The number of hydrogen-bond donors (Lipinski definition) is 1. The Labute approximate surface area is 66.0 Å². The van der Waals surface area contributed by atoms with Gasteiger partial charge in [0.15, 0.2) is 0 Å². The normalized spacial score (nSPS) is 14.5. The number of aromatic nitrogens is 1. The van der Waals surface area contributed by atoms with E-state index in [4.69, 9.17) is 0 Å². The molecule has 0 aliphatic carbocycles. The molecule has 2 rings (SSSR count). The van der Waals surface area contributed by atoms with E-state index in [2.05, 4.69) is 28.3 Å². The van der Waals surface area contributed by atoms with Gasteiger partial charge >= 0.3 is 0 Å². The highest BCUT2D eigenvalue weighted by Crippen LogP contribution is 2.28. The number of nitrogens with one attached hydrogen (secondary N) is 1. The maximum Gasteiger partial charge on any atom is 0.0875 e. The van der Waals surface area contributed by atoms with Gasteiger partial charge in [-0.05, 0) is 13.0 Å². The third-order valence-electron chi connectivity index (χ3n) is 1.94. The van der Waals surface area contributed by atoms with Crippen LogP contribution in [0.2, 0.25) is 0 Å². The van der Waals surface area contributed by atoms with Crippen LogP contribution in [0.5, 0.6) is 0 Å². The third kappa shape index (κ3) is 0.926. The highest BCUT2D eigenvalue weighted by molar-refractivity contribution is 5.73. The summed E-state index contributed by atoms with van der Waals surface area (Å²) in [5.74, 6) is 0. The summed E-state index contributed by atoms with van der Waals surface area (Å²) < 4.78 is 0. The number of nitrogens with zero attached hydrogens (tertiary/aromatic N) is 2. The smallest absolute Gasteiger partial charge is 0.0875 e. The minimum atomic E-state index is 0.889. The predicted octanol–water partition coefficient (Wildman–Crippen LogP) is 1.21. The molecule has 1 aliphatic rings. The van der Waals surface area contributed by atoms with Crippen LogP contribution >= 0.6 is 0 Å². The van der Waals surface area contributed by atoms with E-state index in [0.29, 0.717) is 0 Å². The summed E-state index contributed by atoms with van der Waals surface area (Å²) >= 11 is 0. The third-order valence-corrected chi connectivity index (χ3v) is 1.94.